The van der Waals surface area contributed by atoms with Crippen LogP contribution in [0.25, 0.3) is 15.5 Å². The van der Waals surface area contributed by atoms with Crippen LogP contribution >= 0.6 is 22.7 Å². The summed E-state index contributed by atoms with van der Waals surface area (Å²) < 4.78 is 2.51. The van der Waals surface area contributed by atoms with E-state index in [-0.39, 0.29) is 5.92 Å². The van der Waals surface area contributed by atoms with E-state index in [1.165, 1.54) is 14.4 Å². The van der Waals surface area contributed by atoms with E-state index in [1.807, 2.05) is 32.3 Å². The molecule has 0 saturated carbocycles. The lowest BCUT2D eigenvalue weighted by Gasteiger charge is -2.18. The van der Waals surface area contributed by atoms with Gasteiger partial charge in [0.25, 0.3) is 0 Å². The normalized spacial score (nSPS) is 17.9. The third kappa shape index (κ3) is 3.14. The molecule has 0 aromatic carbocycles. The van der Waals surface area contributed by atoms with Crippen molar-refractivity contribution < 1.29 is 0 Å². The van der Waals surface area contributed by atoms with E-state index in [0.717, 1.165) is 16.0 Å². The molecule has 120 valence electrons. The molecular weight excluding hydrogens is 334 g/mol. The van der Waals surface area contributed by atoms with Crippen LogP contribution in [0.4, 0.5) is 5.00 Å². The highest BCUT2D eigenvalue weighted by molar-refractivity contribution is 7.30. The van der Waals surface area contributed by atoms with Crippen LogP contribution in [0.5, 0.6) is 0 Å². The van der Waals surface area contributed by atoms with E-state index < -0.39 is 0 Å². The Balaban J connectivity index is 1.95. The number of hydrogen-bond acceptors (Lipinski definition) is 5. The predicted molar refractivity (Wildman–Crippen MR) is 103 cm³/mol. The summed E-state index contributed by atoms with van der Waals surface area (Å²) >= 11 is 3.48. The molecule has 1 aliphatic rings. The summed E-state index contributed by atoms with van der Waals surface area (Å²) in [6, 6.07) is 8.88. The number of nitriles is 2. The van der Waals surface area contributed by atoms with E-state index in [1.54, 1.807) is 22.7 Å². The molecule has 2 heterocycles. The van der Waals surface area contributed by atoms with Crippen LogP contribution in [-0.4, -0.2) is 14.1 Å². The highest BCUT2D eigenvalue weighted by atomic mass is 32.1. The highest BCUT2D eigenvalue weighted by Gasteiger charge is 2.18. The van der Waals surface area contributed by atoms with Crippen LogP contribution in [0.3, 0.4) is 0 Å². The van der Waals surface area contributed by atoms with Gasteiger partial charge in [-0.15, -0.1) is 22.7 Å². The van der Waals surface area contributed by atoms with Crippen molar-refractivity contribution in [2.75, 3.05) is 19.0 Å². The minimum atomic E-state index is 0.192. The summed E-state index contributed by atoms with van der Waals surface area (Å²) in [4.78, 5) is 3.21. The topological polar surface area (TPSA) is 50.8 Å². The number of nitrogens with zero attached hydrogens (tertiary/aromatic N) is 3. The van der Waals surface area contributed by atoms with E-state index in [2.05, 4.69) is 36.1 Å². The van der Waals surface area contributed by atoms with Gasteiger partial charge in [-0.05, 0) is 42.2 Å². The molecule has 0 spiro atoms. The molecule has 2 aromatic heterocycles. The average Bonchev–Trinajstić information content (AvgIpc) is 3.11. The van der Waals surface area contributed by atoms with Crippen molar-refractivity contribution in [1.29, 1.82) is 10.5 Å². The number of anilines is 1. The largest absolute Gasteiger partial charge is 0.370 e. The van der Waals surface area contributed by atoms with Crippen molar-refractivity contribution in [3.8, 4) is 12.1 Å². The van der Waals surface area contributed by atoms with Gasteiger partial charge in [0.15, 0.2) is 0 Å². The number of allylic oxidation sites excluding steroid dienone is 5. The Kier molecular flexibility index (Phi) is 4.57. The standard InChI is InChI=1S/C19H17N3S2/c1-12-6-13(10-20)4-5-16(12)14(11-21)7-15-8-17-18(23-15)9-19(24-17)22(2)3/h4-5,7-9,12H,6H2,1-3H3/b14-7+. The maximum absolute atomic E-state index is 9.58. The molecule has 2 aromatic rings. The molecule has 1 unspecified atom stereocenters. The number of hydrogen-bond donors (Lipinski definition) is 0. The molecular formula is C19H17N3S2. The Morgan fingerprint density at radius 3 is 2.54 bits per heavy atom. The number of thiophene rings is 2. The summed E-state index contributed by atoms with van der Waals surface area (Å²) in [5.41, 5.74) is 2.48. The van der Waals surface area contributed by atoms with Gasteiger partial charge in [0.2, 0.25) is 0 Å². The van der Waals surface area contributed by atoms with Crippen LogP contribution in [0.1, 0.15) is 18.2 Å². The number of rotatable bonds is 3. The zero-order valence-electron chi connectivity index (χ0n) is 13.8. The van der Waals surface area contributed by atoms with Crippen molar-refractivity contribution in [2.24, 2.45) is 5.92 Å². The summed E-state index contributed by atoms with van der Waals surface area (Å²) in [6.07, 6.45) is 6.42. The van der Waals surface area contributed by atoms with E-state index in [4.69, 9.17) is 5.26 Å². The molecule has 1 atom stereocenters. The predicted octanol–water partition coefficient (Wildman–Crippen LogP) is 5.35. The van der Waals surface area contributed by atoms with Gasteiger partial charge in [-0.25, -0.2) is 0 Å². The van der Waals surface area contributed by atoms with E-state index in [0.29, 0.717) is 12.0 Å². The van der Waals surface area contributed by atoms with Crippen molar-refractivity contribution in [1.82, 2.24) is 0 Å². The fourth-order valence-corrected chi connectivity index (χ4v) is 5.02. The van der Waals surface area contributed by atoms with Gasteiger partial charge in [-0.1, -0.05) is 13.0 Å². The second-order valence-electron chi connectivity index (χ2n) is 6.06. The molecule has 3 rings (SSSR count). The van der Waals surface area contributed by atoms with Crippen LogP contribution in [0, 0.1) is 28.6 Å². The fourth-order valence-electron chi connectivity index (χ4n) is 2.76. The molecule has 24 heavy (non-hydrogen) atoms. The van der Waals surface area contributed by atoms with Gasteiger partial charge in [-0.2, -0.15) is 10.5 Å². The van der Waals surface area contributed by atoms with Crippen LogP contribution in [0.15, 0.2) is 41.0 Å². The lowest BCUT2D eigenvalue weighted by atomic mass is 9.85. The van der Waals surface area contributed by atoms with E-state index in [9.17, 15) is 5.26 Å². The van der Waals surface area contributed by atoms with Crippen molar-refractivity contribution in [3.05, 3.63) is 45.9 Å². The summed E-state index contributed by atoms with van der Waals surface area (Å²) in [5.74, 6) is 0.192. The molecule has 3 nitrogen and oxygen atoms in total. The molecule has 5 heteroatoms. The minimum absolute atomic E-state index is 0.192. The fraction of sp³-hybridized carbons (Fsp3) is 0.263. The molecule has 0 N–H and O–H groups in total. The maximum atomic E-state index is 9.58. The van der Waals surface area contributed by atoms with Crippen molar-refractivity contribution >= 4 is 43.2 Å². The first kappa shape index (κ1) is 16.5. The third-order valence-corrected chi connectivity index (χ3v) is 6.44. The maximum Gasteiger partial charge on any atom is 0.0995 e. The van der Waals surface area contributed by atoms with Crippen LogP contribution in [0.2, 0.25) is 0 Å². The molecule has 0 saturated heterocycles. The highest BCUT2D eigenvalue weighted by Crippen LogP contribution is 2.39. The van der Waals surface area contributed by atoms with Gasteiger partial charge >= 0.3 is 0 Å². The summed E-state index contributed by atoms with van der Waals surface area (Å²) in [7, 11) is 4.09. The Bertz CT molecular complexity index is 924. The Labute approximate surface area is 150 Å². The quantitative estimate of drug-likeness (QED) is 0.700. The first-order valence-corrected chi connectivity index (χ1v) is 9.29. The Morgan fingerprint density at radius 2 is 1.96 bits per heavy atom. The lowest BCUT2D eigenvalue weighted by molar-refractivity contribution is 0.684. The zero-order chi connectivity index (χ0) is 17.3. The second-order valence-corrected chi connectivity index (χ2v) is 8.23. The second kappa shape index (κ2) is 6.65. The molecule has 0 bridgehead atoms. The zero-order valence-corrected chi connectivity index (χ0v) is 15.5. The smallest absolute Gasteiger partial charge is 0.0995 e. The lowest BCUT2D eigenvalue weighted by Crippen LogP contribution is -2.06. The average molecular weight is 352 g/mol. The Hall–Kier alpha value is -2.34. The van der Waals surface area contributed by atoms with E-state index >= 15 is 0 Å². The molecule has 0 aliphatic heterocycles. The molecule has 0 fully saturated rings. The van der Waals surface area contributed by atoms with Gasteiger partial charge in [0.1, 0.15) is 0 Å². The summed E-state index contributed by atoms with van der Waals surface area (Å²) in [5, 5.41) is 19.8. The first-order chi connectivity index (χ1) is 11.5. The van der Waals surface area contributed by atoms with Gasteiger partial charge in [0, 0.05) is 33.9 Å². The van der Waals surface area contributed by atoms with Gasteiger partial charge < -0.3 is 4.90 Å². The summed E-state index contributed by atoms with van der Waals surface area (Å²) in [6.45, 7) is 2.07. The monoisotopic (exact) mass is 351 g/mol. The molecule has 0 radical (unpaired) electrons. The van der Waals surface area contributed by atoms with Crippen molar-refractivity contribution in [2.45, 2.75) is 13.3 Å². The first-order valence-electron chi connectivity index (χ1n) is 7.65. The third-order valence-electron chi connectivity index (χ3n) is 4.04. The van der Waals surface area contributed by atoms with Crippen molar-refractivity contribution in [3.63, 3.8) is 0 Å². The van der Waals surface area contributed by atoms with Crippen LogP contribution < -0.4 is 4.90 Å². The Morgan fingerprint density at radius 1 is 1.21 bits per heavy atom. The van der Waals surface area contributed by atoms with Gasteiger partial charge in [0.05, 0.1) is 22.7 Å². The molecule has 1 aliphatic carbocycles. The van der Waals surface area contributed by atoms with Gasteiger partial charge in [-0.3, -0.25) is 0 Å². The minimum Gasteiger partial charge on any atom is -0.370 e. The number of fused-ring (bicyclic) bond motifs is 1. The SMILES string of the molecule is CC1CC(C#N)=CC=C1/C(C#N)=C/c1cc2sc(N(C)C)cc2s1. The van der Waals surface area contributed by atoms with Crippen LogP contribution in [-0.2, 0) is 0 Å². The molecule has 0 amide bonds.